The van der Waals surface area contributed by atoms with Gasteiger partial charge in [0, 0.05) is 22.7 Å². The molecule has 1 aliphatic rings. The van der Waals surface area contributed by atoms with Crippen molar-refractivity contribution in [2.24, 2.45) is 5.14 Å². The van der Waals surface area contributed by atoms with Crippen LogP contribution in [0.15, 0.2) is 17.0 Å². The van der Waals surface area contributed by atoms with E-state index >= 15 is 0 Å². The normalized spacial score (nSPS) is 23.0. The van der Waals surface area contributed by atoms with E-state index in [1.165, 1.54) is 18.9 Å². The van der Waals surface area contributed by atoms with Crippen LogP contribution in [-0.4, -0.2) is 26.0 Å². The third-order valence-corrected chi connectivity index (χ3v) is 6.14. The Hall–Kier alpha value is -0.920. The lowest BCUT2D eigenvalue weighted by Gasteiger charge is -2.30. The van der Waals surface area contributed by atoms with Crippen molar-refractivity contribution in [1.82, 2.24) is 0 Å². The molecule has 5 N–H and O–H groups in total. The molecule has 2 atom stereocenters. The minimum atomic E-state index is -3.76. The van der Waals surface area contributed by atoms with Crippen LogP contribution >= 0.6 is 11.8 Å². The highest BCUT2D eigenvalue weighted by atomic mass is 32.2. The summed E-state index contributed by atoms with van der Waals surface area (Å²) in [6, 6.07) is 3.55. The van der Waals surface area contributed by atoms with Crippen LogP contribution in [0.2, 0.25) is 0 Å². The quantitative estimate of drug-likeness (QED) is 0.736. The highest BCUT2D eigenvalue weighted by Gasteiger charge is 2.23. The highest BCUT2D eigenvalue weighted by molar-refractivity contribution is 7.99. The van der Waals surface area contributed by atoms with Gasteiger partial charge in [-0.2, -0.15) is 11.8 Å². The minimum absolute atomic E-state index is 0.0993. The molecule has 5 nitrogen and oxygen atoms in total. The summed E-state index contributed by atoms with van der Waals surface area (Å²) in [5.74, 6) is 0. The van der Waals surface area contributed by atoms with Gasteiger partial charge in [0.25, 0.3) is 0 Å². The number of sulfonamides is 1. The van der Waals surface area contributed by atoms with Crippen LogP contribution in [0.25, 0.3) is 0 Å². The second-order valence-electron chi connectivity index (χ2n) is 5.60. The molecule has 0 aromatic heterocycles. The lowest BCUT2D eigenvalue weighted by Crippen LogP contribution is -2.29. The Morgan fingerprint density at radius 2 is 2.05 bits per heavy atom. The molecule has 0 heterocycles. The summed E-state index contributed by atoms with van der Waals surface area (Å²) < 4.78 is 23.3. The Kier molecular flexibility index (Phi) is 5.06. The Morgan fingerprint density at radius 1 is 1.33 bits per heavy atom. The van der Waals surface area contributed by atoms with Gasteiger partial charge in [0.05, 0.1) is 4.90 Å². The number of nitrogens with one attached hydrogen (secondary N) is 1. The van der Waals surface area contributed by atoms with E-state index in [1.807, 2.05) is 11.8 Å². The van der Waals surface area contributed by atoms with Crippen molar-refractivity contribution in [3.8, 4) is 0 Å². The Labute approximate surface area is 130 Å². The zero-order chi connectivity index (χ0) is 15.6. The van der Waals surface area contributed by atoms with Crippen molar-refractivity contribution in [1.29, 1.82) is 0 Å². The largest absolute Gasteiger partial charge is 0.399 e. The molecule has 7 heteroatoms. The van der Waals surface area contributed by atoms with Crippen LogP contribution in [0.4, 0.5) is 11.4 Å². The average Bonchev–Trinajstić information content (AvgIpc) is 2.41. The number of rotatable bonds is 4. The van der Waals surface area contributed by atoms with E-state index in [4.69, 9.17) is 10.9 Å². The zero-order valence-electron chi connectivity index (χ0n) is 12.4. The van der Waals surface area contributed by atoms with Crippen molar-refractivity contribution >= 4 is 33.2 Å². The lowest BCUT2D eigenvalue weighted by atomic mass is 9.94. The molecule has 1 aromatic carbocycles. The second kappa shape index (κ2) is 6.46. The molecule has 0 saturated heterocycles. The van der Waals surface area contributed by atoms with Gasteiger partial charge in [-0.25, -0.2) is 13.6 Å². The molecule has 1 aromatic rings. The first kappa shape index (κ1) is 16.5. The van der Waals surface area contributed by atoms with Crippen LogP contribution < -0.4 is 16.2 Å². The van der Waals surface area contributed by atoms with E-state index in [-0.39, 0.29) is 4.90 Å². The number of primary sulfonamides is 1. The fourth-order valence-corrected chi connectivity index (χ4v) is 4.53. The molecule has 0 bridgehead atoms. The fourth-order valence-electron chi connectivity index (χ4n) is 2.86. The van der Waals surface area contributed by atoms with E-state index in [9.17, 15) is 8.42 Å². The van der Waals surface area contributed by atoms with Crippen molar-refractivity contribution in [2.45, 2.75) is 48.8 Å². The Balaban J connectivity index is 2.26. The van der Waals surface area contributed by atoms with E-state index in [0.717, 1.165) is 18.5 Å². The number of nitrogens with two attached hydrogens (primary N) is 2. The van der Waals surface area contributed by atoms with Gasteiger partial charge in [0.2, 0.25) is 10.0 Å². The number of hydrogen-bond donors (Lipinski definition) is 3. The fraction of sp³-hybridized carbons (Fsp3) is 0.571. The summed E-state index contributed by atoms with van der Waals surface area (Å²) in [5, 5.41) is 9.37. The standard InChI is InChI=1S/C14H23N3O2S2/c1-9-13(6-10(15)7-14(9)21(16,18)19)17-11-4-3-5-12(8-11)20-2/h6-7,11-12,17H,3-5,8,15H2,1-2H3,(H2,16,18,19). The van der Waals surface area contributed by atoms with Crippen molar-refractivity contribution < 1.29 is 8.42 Å². The number of benzene rings is 1. The smallest absolute Gasteiger partial charge is 0.238 e. The first-order valence-corrected chi connectivity index (χ1v) is 9.87. The molecule has 1 fully saturated rings. The summed E-state index contributed by atoms with van der Waals surface area (Å²) in [5.41, 5.74) is 7.63. The topological polar surface area (TPSA) is 98.2 Å². The predicted molar refractivity (Wildman–Crippen MR) is 90.1 cm³/mol. The molecular weight excluding hydrogens is 306 g/mol. The Bertz CT molecular complexity index is 617. The minimum Gasteiger partial charge on any atom is -0.399 e. The van der Waals surface area contributed by atoms with E-state index in [1.54, 1.807) is 13.0 Å². The van der Waals surface area contributed by atoms with Crippen molar-refractivity contribution in [3.05, 3.63) is 17.7 Å². The molecule has 0 aliphatic heterocycles. The number of nitrogen functional groups attached to an aromatic ring is 1. The summed E-state index contributed by atoms with van der Waals surface area (Å²) in [7, 11) is -3.76. The maximum atomic E-state index is 11.6. The maximum absolute atomic E-state index is 11.6. The molecule has 0 amide bonds. The molecule has 1 saturated carbocycles. The average molecular weight is 329 g/mol. The summed E-state index contributed by atoms with van der Waals surface area (Å²) in [6.07, 6.45) is 6.75. The Morgan fingerprint density at radius 3 is 2.67 bits per heavy atom. The van der Waals surface area contributed by atoms with Crippen LogP contribution in [0.3, 0.4) is 0 Å². The molecule has 2 unspecified atom stereocenters. The van der Waals surface area contributed by atoms with Gasteiger partial charge in [0.1, 0.15) is 0 Å². The van der Waals surface area contributed by atoms with Gasteiger partial charge in [-0.15, -0.1) is 0 Å². The zero-order valence-corrected chi connectivity index (χ0v) is 14.1. The first-order valence-electron chi connectivity index (χ1n) is 7.03. The van der Waals surface area contributed by atoms with Gasteiger partial charge in [0.15, 0.2) is 0 Å². The van der Waals surface area contributed by atoms with Gasteiger partial charge in [-0.1, -0.05) is 6.42 Å². The summed E-state index contributed by atoms with van der Waals surface area (Å²) >= 11 is 1.89. The van der Waals surface area contributed by atoms with E-state index in [2.05, 4.69) is 11.6 Å². The molecule has 2 rings (SSSR count). The highest BCUT2D eigenvalue weighted by Crippen LogP contribution is 2.32. The first-order chi connectivity index (χ1) is 9.81. The van der Waals surface area contributed by atoms with Gasteiger partial charge in [-0.05, 0) is 50.1 Å². The van der Waals surface area contributed by atoms with Crippen molar-refractivity contribution in [3.63, 3.8) is 0 Å². The van der Waals surface area contributed by atoms with Gasteiger partial charge < -0.3 is 11.1 Å². The summed E-state index contributed by atoms with van der Waals surface area (Å²) in [6.45, 7) is 1.76. The van der Waals surface area contributed by atoms with Crippen LogP contribution in [-0.2, 0) is 10.0 Å². The number of hydrogen-bond acceptors (Lipinski definition) is 5. The monoisotopic (exact) mass is 329 g/mol. The van der Waals surface area contributed by atoms with E-state index in [0.29, 0.717) is 22.5 Å². The van der Waals surface area contributed by atoms with Crippen molar-refractivity contribution in [2.75, 3.05) is 17.3 Å². The molecule has 0 spiro atoms. The molecular formula is C14H23N3O2S2. The SMILES string of the molecule is CSC1CCCC(Nc2cc(N)cc(S(N)(=O)=O)c2C)C1. The number of anilines is 2. The van der Waals surface area contributed by atoms with Crippen LogP contribution in [0, 0.1) is 6.92 Å². The third-order valence-electron chi connectivity index (χ3n) is 4.01. The third kappa shape index (κ3) is 4.05. The van der Waals surface area contributed by atoms with Crippen LogP contribution in [0.1, 0.15) is 31.2 Å². The van der Waals surface area contributed by atoms with E-state index < -0.39 is 10.0 Å². The molecule has 118 valence electrons. The van der Waals surface area contributed by atoms with Gasteiger partial charge in [-0.3, -0.25) is 0 Å². The molecule has 1 aliphatic carbocycles. The second-order valence-corrected chi connectivity index (χ2v) is 8.27. The maximum Gasteiger partial charge on any atom is 0.238 e. The lowest BCUT2D eigenvalue weighted by molar-refractivity contribution is 0.473. The number of thioether (sulfide) groups is 1. The van der Waals surface area contributed by atoms with Gasteiger partial charge >= 0.3 is 0 Å². The molecule has 0 radical (unpaired) electrons. The molecule has 21 heavy (non-hydrogen) atoms. The van der Waals surface area contributed by atoms with Crippen LogP contribution in [0.5, 0.6) is 0 Å². The predicted octanol–water partition coefficient (Wildman–Crippen LogP) is 2.31. The summed E-state index contributed by atoms with van der Waals surface area (Å²) in [4.78, 5) is 0.0993.